The first kappa shape index (κ1) is 111. The summed E-state index contributed by atoms with van der Waals surface area (Å²) in [5, 5.41) is 61.1. The minimum Gasteiger partial charge on any atom is -0.461 e. The standard InChI is InChI=1S/C19H25N5O4.C19H27N5O2.C17H16N4O3.C17H17N3O4.C15H15N5O4.C15H17N5O2/c1-27-10-11-28-19-21-13-17(24(25)26)18(22-19)20-12-15-4-6-16(7-5-15)14-23-8-2-3-9-23;1-25-10-11-26-19-22-13-17(20)18(23-19)21-12-15-4-6-16(7-5-15)14-24-8-2-3-9-24;1-23-5-6-24-17-19-10-14-8-15(22)21(16(14)20-17)11-13-4-2-3-12(7-13)9-18;1-23-5-6-24-17-18-9-14-8-15(22)20(16(14)19-17)10-12-3-2-4-13(7-12)11-21;1-23-6-7-24-15-18-10-13(20(21)22)14(19-15)17-9-12-4-2-11(8-16)3-5-12;1-21-6-7-22-15-19-10-13(17)14(20-15)18-9-12-4-2-11(8-16)3-5-12/h4-7,13H,2-3,8-12,14H2,1H3,(H,20,21,22);4-7,13H,2-3,8-12,14,20H2,1H3,(H,21,22,23);2-4,7,10H,5-6,8,11H2,1H3;2-4,7,9,11H,5-6,8,10H2,1H3;2-5,10H,6-7,9H2,1H3,(H,17,18,19);2-5,10H,6-7,9,17H2,1H3,(H,18,19,20). The van der Waals surface area contributed by atoms with E-state index in [9.17, 15) is 34.6 Å². The summed E-state index contributed by atoms with van der Waals surface area (Å²) in [6, 6.07) is 52.7. The van der Waals surface area contributed by atoms with Gasteiger partial charge in [0.1, 0.15) is 70.0 Å². The van der Waals surface area contributed by atoms with E-state index >= 15 is 0 Å². The third kappa shape index (κ3) is 36.4. The van der Waals surface area contributed by atoms with E-state index in [0.717, 1.165) is 83.8 Å². The second-order valence-corrected chi connectivity index (χ2v) is 32.9. The Morgan fingerprint density at radius 1 is 0.358 bits per heavy atom. The maximum absolute atomic E-state index is 12.3. The molecule has 0 bridgehead atoms. The highest BCUT2D eigenvalue weighted by Gasteiger charge is 2.33. The summed E-state index contributed by atoms with van der Waals surface area (Å²) < 4.78 is 61.6. The van der Waals surface area contributed by atoms with Gasteiger partial charge in [-0.15, -0.1) is 0 Å². The number of ether oxygens (including phenoxy) is 12. The quantitative estimate of drug-likeness (QED) is 0.00893. The predicted molar refractivity (Wildman–Crippen MR) is 545 cm³/mol. The molecule has 12 aromatic rings. The van der Waals surface area contributed by atoms with Gasteiger partial charge in [-0.2, -0.15) is 55.7 Å². The van der Waals surface area contributed by atoms with E-state index in [1.807, 2.05) is 42.5 Å². The molecule has 0 atom stereocenters. The molecular formula is C102H117N27O19. The van der Waals surface area contributed by atoms with Crippen LogP contribution in [0.1, 0.15) is 108 Å². The van der Waals surface area contributed by atoms with Crippen LogP contribution in [0.25, 0.3) is 0 Å². The number of nitrogens with one attached hydrogen (secondary N) is 4. The lowest BCUT2D eigenvalue weighted by Crippen LogP contribution is -2.26. The van der Waals surface area contributed by atoms with Crippen LogP contribution < -0.4 is 71.0 Å². The normalized spacial score (nSPS) is 12.5. The molecule has 774 valence electrons. The molecule has 2 saturated heterocycles. The molecule has 16 rings (SSSR count). The highest BCUT2D eigenvalue weighted by atomic mass is 16.6. The Morgan fingerprint density at radius 2 is 0.655 bits per heavy atom. The lowest BCUT2D eigenvalue weighted by atomic mass is 10.1. The third-order valence-corrected chi connectivity index (χ3v) is 22.1. The van der Waals surface area contributed by atoms with Crippen LogP contribution in [0.2, 0.25) is 0 Å². The fraction of sp³-hybridized carbons (Fsp3) is 0.353. The number of carbonyl (C=O) groups excluding carboxylic acids is 3. The van der Waals surface area contributed by atoms with Crippen molar-refractivity contribution in [3.8, 4) is 54.3 Å². The van der Waals surface area contributed by atoms with Gasteiger partial charge in [-0.1, -0.05) is 103 Å². The Hall–Kier alpha value is -17.0. The SMILES string of the molecule is COCCOc1ncc(N)c(NCc2ccc(C#N)cc2)n1.COCCOc1ncc(N)c(NCc2ccc(CN3CCCC3)cc2)n1.COCCOc1ncc([N+](=O)[O-])c(NCc2ccc(C#N)cc2)n1.COCCOc1ncc([N+](=O)[O-])c(NCc2ccc(CN3CCCC3)cc2)n1.COCCOc1ncc2c(n1)N(Cc1cccc(C#N)c1)C(=O)C2.COCCOc1ncc2c(n1)N(Cc1cccc(C=O)c1)C(=O)C2. The number of benzene rings is 6. The van der Waals surface area contributed by atoms with Gasteiger partial charge in [-0.05, 0) is 139 Å². The van der Waals surface area contributed by atoms with E-state index in [0.29, 0.717) is 168 Å². The number of nitrogens with two attached hydrogens (primary N) is 2. The highest BCUT2D eigenvalue weighted by molar-refractivity contribution is 6.01. The third-order valence-electron chi connectivity index (χ3n) is 22.1. The molecule has 0 spiro atoms. The van der Waals surface area contributed by atoms with Gasteiger partial charge in [-0.25, -0.2) is 19.9 Å². The number of fused-ring (bicyclic) bond motifs is 2. The fourth-order valence-corrected chi connectivity index (χ4v) is 14.5. The van der Waals surface area contributed by atoms with Crippen LogP contribution in [0.15, 0.2) is 183 Å². The Morgan fingerprint density at radius 3 is 0.986 bits per heavy atom. The van der Waals surface area contributed by atoms with E-state index in [1.165, 1.54) is 68.8 Å². The second-order valence-electron chi connectivity index (χ2n) is 32.9. The van der Waals surface area contributed by atoms with Crippen molar-refractivity contribution in [1.82, 2.24) is 69.6 Å². The first-order valence-corrected chi connectivity index (χ1v) is 47.1. The van der Waals surface area contributed by atoms with Crippen molar-refractivity contribution < 1.29 is 81.1 Å². The van der Waals surface area contributed by atoms with Gasteiger partial charge in [0.05, 0.1) is 134 Å². The van der Waals surface area contributed by atoms with Crippen molar-refractivity contribution in [1.29, 1.82) is 15.8 Å². The van der Waals surface area contributed by atoms with Crippen molar-refractivity contribution in [3.63, 3.8) is 0 Å². The van der Waals surface area contributed by atoms with Crippen molar-refractivity contribution in [2.24, 2.45) is 0 Å². The second kappa shape index (κ2) is 60.5. The zero-order valence-corrected chi connectivity index (χ0v) is 82.9. The summed E-state index contributed by atoms with van der Waals surface area (Å²) in [5.41, 5.74) is 24.5. The minimum absolute atomic E-state index is 0.0278. The Kier molecular flexibility index (Phi) is 45.5. The average Bonchev–Trinajstić information content (AvgIpc) is 1.65. The number of nitrogens with zero attached hydrogens (tertiary/aromatic N) is 21. The molecule has 148 heavy (non-hydrogen) atoms. The number of likely N-dealkylation sites (tertiary alicyclic amines) is 2. The molecule has 0 aliphatic carbocycles. The van der Waals surface area contributed by atoms with Crippen LogP contribution in [0.5, 0.6) is 36.1 Å². The summed E-state index contributed by atoms with van der Waals surface area (Å²) in [6.45, 7) is 13.9. The number of hydrogen-bond donors (Lipinski definition) is 6. The van der Waals surface area contributed by atoms with E-state index in [2.05, 4.69) is 139 Å². The van der Waals surface area contributed by atoms with Crippen LogP contribution in [-0.2, 0) is 103 Å². The summed E-state index contributed by atoms with van der Waals surface area (Å²) in [5.74, 6) is 2.30. The number of hydrogen-bond acceptors (Lipinski definition) is 42. The van der Waals surface area contributed by atoms with Gasteiger partial charge in [0.25, 0.3) is 0 Å². The number of nitrogen functional groups attached to an aromatic ring is 2. The highest BCUT2D eigenvalue weighted by Crippen LogP contribution is 2.33. The molecule has 4 aliphatic rings. The monoisotopic (exact) mass is 2020 g/mol. The van der Waals surface area contributed by atoms with E-state index < -0.39 is 9.85 Å². The molecular weight excluding hydrogens is 1910 g/mol. The molecule has 46 heteroatoms. The van der Waals surface area contributed by atoms with Crippen LogP contribution in [0.3, 0.4) is 0 Å². The van der Waals surface area contributed by atoms with Crippen molar-refractivity contribution in [2.75, 3.05) is 191 Å². The Balaban J connectivity index is 0.000000169. The lowest BCUT2D eigenvalue weighted by Gasteiger charge is -2.17. The molecule has 10 heterocycles. The molecule has 0 unspecified atom stereocenters. The van der Waals surface area contributed by atoms with Gasteiger partial charge in [0.2, 0.25) is 23.5 Å². The summed E-state index contributed by atoms with van der Waals surface area (Å²) >= 11 is 0. The Bertz CT molecular complexity index is 6400. The van der Waals surface area contributed by atoms with E-state index in [-0.39, 0.29) is 90.9 Å². The molecule has 6 aromatic carbocycles. The molecule has 2 amide bonds. The Labute approximate surface area is 854 Å². The van der Waals surface area contributed by atoms with E-state index in [1.54, 1.807) is 137 Å². The van der Waals surface area contributed by atoms with Gasteiger partial charge < -0.3 is 89.6 Å². The zero-order chi connectivity index (χ0) is 105. The number of anilines is 8. The summed E-state index contributed by atoms with van der Waals surface area (Å²) in [4.78, 5) is 114. The van der Waals surface area contributed by atoms with Crippen LogP contribution in [0.4, 0.5) is 57.7 Å². The van der Waals surface area contributed by atoms with Gasteiger partial charge in [-0.3, -0.25) is 54.2 Å². The molecule has 0 radical (unpaired) electrons. The van der Waals surface area contributed by atoms with Crippen LogP contribution in [-0.4, -0.2) is 246 Å². The number of aromatic nitrogens is 12. The number of methoxy groups -OCH3 is 6. The van der Waals surface area contributed by atoms with E-state index in [4.69, 9.17) is 84.1 Å². The number of nitriles is 3. The van der Waals surface area contributed by atoms with Gasteiger partial charge >= 0.3 is 47.4 Å². The predicted octanol–water partition coefficient (Wildman–Crippen LogP) is 11.2. The van der Waals surface area contributed by atoms with Crippen molar-refractivity contribution in [3.05, 3.63) is 281 Å². The minimum atomic E-state index is -0.569. The number of carbonyl (C=O) groups is 3. The lowest BCUT2D eigenvalue weighted by molar-refractivity contribution is -0.384. The molecule has 2 fully saturated rings. The summed E-state index contributed by atoms with van der Waals surface area (Å²) in [7, 11) is 9.48. The maximum Gasteiger partial charge on any atom is 0.329 e. The first-order chi connectivity index (χ1) is 72.2. The number of aldehydes is 1. The van der Waals surface area contributed by atoms with Gasteiger partial charge in [0, 0.05) is 111 Å². The summed E-state index contributed by atoms with van der Waals surface area (Å²) in [6.07, 6.45) is 15.0. The van der Waals surface area contributed by atoms with Crippen LogP contribution in [0, 0.1) is 54.2 Å². The smallest absolute Gasteiger partial charge is 0.329 e. The fourth-order valence-electron chi connectivity index (χ4n) is 14.5. The number of rotatable bonds is 47. The van der Waals surface area contributed by atoms with Crippen molar-refractivity contribution >= 4 is 75.8 Å². The molecule has 4 aliphatic heterocycles. The molecule has 8 N–H and O–H groups in total. The zero-order valence-electron chi connectivity index (χ0n) is 82.9. The van der Waals surface area contributed by atoms with Crippen LogP contribution >= 0.6 is 0 Å². The molecule has 46 nitrogen and oxygen atoms in total. The maximum atomic E-state index is 12.3. The topological polar surface area (TPSA) is 587 Å². The molecule has 6 aromatic heterocycles. The molecule has 0 saturated carbocycles. The van der Waals surface area contributed by atoms with Crippen molar-refractivity contribution in [2.45, 2.75) is 90.9 Å². The number of amides is 2. The first-order valence-electron chi connectivity index (χ1n) is 47.1. The number of nitro groups is 2. The average molecular weight is 2030 g/mol. The largest absolute Gasteiger partial charge is 0.461 e. The van der Waals surface area contributed by atoms with Gasteiger partial charge in [0.15, 0.2) is 11.6 Å².